The molecule has 4 heteroatoms. The van der Waals surface area contributed by atoms with Crippen LogP contribution in [0.2, 0.25) is 0 Å². The van der Waals surface area contributed by atoms with Gasteiger partial charge in [-0.2, -0.15) is 0 Å². The van der Waals surface area contributed by atoms with Gasteiger partial charge < -0.3 is 9.67 Å². The van der Waals surface area contributed by atoms with Crippen LogP contribution < -0.4 is 0 Å². The molecule has 1 atom stereocenters. The quantitative estimate of drug-likeness (QED) is 0.678. The largest absolute Gasteiger partial charge is 0.391 e. The van der Waals surface area contributed by atoms with Gasteiger partial charge in [-0.15, -0.1) is 0 Å². The third-order valence-corrected chi connectivity index (χ3v) is 2.62. The number of benzene rings is 1. The SMILES string of the molecule is OC1Cc2nc3c(F)cccc3n2C1. The van der Waals surface area contributed by atoms with E-state index in [-0.39, 0.29) is 11.9 Å². The van der Waals surface area contributed by atoms with Crippen molar-refractivity contribution < 1.29 is 9.50 Å². The van der Waals surface area contributed by atoms with Crippen LogP contribution in [0.25, 0.3) is 11.0 Å². The number of aliphatic hydroxyl groups excluding tert-OH is 1. The van der Waals surface area contributed by atoms with Crippen LogP contribution in [0.4, 0.5) is 4.39 Å². The molecule has 0 bridgehead atoms. The molecular formula is C10H9FN2O. The number of hydrogen-bond donors (Lipinski definition) is 1. The van der Waals surface area contributed by atoms with Crippen molar-refractivity contribution in [3.05, 3.63) is 29.8 Å². The zero-order valence-electron chi connectivity index (χ0n) is 7.44. The predicted octanol–water partition coefficient (Wildman–Crippen LogP) is 1.09. The van der Waals surface area contributed by atoms with E-state index >= 15 is 0 Å². The van der Waals surface area contributed by atoms with Crippen LogP contribution in [0.3, 0.4) is 0 Å². The summed E-state index contributed by atoms with van der Waals surface area (Å²) in [4.78, 5) is 4.17. The van der Waals surface area contributed by atoms with E-state index in [0.29, 0.717) is 18.5 Å². The normalized spacial score (nSPS) is 20.3. The molecule has 1 aliphatic heterocycles. The number of aromatic nitrogens is 2. The summed E-state index contributed by atoms with van der Waals surface area (Å²) in [6, 6.07) is 4.89. The smallest absolute Gasteiger partial charge is 0.151 e. The summed E-state index contributed by atoms with van der Waals surface area (Å²) in [5.41, 5.74) is 1.19. The molecule has 1 unspecified atom stereocenters. The lowest BCUT2D eigenvalue weighted by Gasteiger charge is -2.00. The van der Waals surface area contributed by atoms with Crippen molar-refractivity contribution >= 4 is 11.0 Å². The Morgan fingerprint density at radius 1 is 1.50 bits per heavy atom. The fourth-order valence-electron chi connectivity index (χ4n) is 2.01. The minimum atomic E-state index is -0.370. The third-order valence-electron chi connectivity index (χ3n) is 2.62. The van der Waals surface area contributed by atoms with Crippen LogP contribution in [0.15, 0.2) is 18.2 Å². The van der Waals surface area contributed by atoms with Crippen LogP contribution in [-0.4, -0.2) is 20.8 Å². The van der Waals surface area contributed by atoms with Gasteiger partial charge in [-0.1, -0.05) is 6.07 Å². The zero-order valence-corrected chi connectivity index (χ0v) is 7.44. The second kappa shape index (κ2) is 2.54. The lowest BCUT2D eigenvalue weighted by Crippen LogP contribution is -2.07. The van der Waals surface area contributed by atoms with Crippen LogP contribution >= 0.6 is 0 Å². The number of halogens is 1. The lowest BCUT2D eigenvalue weighted by molar-refractivity contribution is 0.176. The van der Waals surface area contributed by atoms with Gasteiger partial charge >= 0.3 is 0 Å². The Hall–Kier alpha value is -1.42. The highest BCUT2D eigenvalue weighted by atomic mass is 19.1. The molecule has 0 fully saturated rings. The van der Waals surface area contributed by atoms with Crippen LogP contribution in [-0.2, 0) is 13.0 Å². The number of hydrogen-bond acceptors (Lipinski definition) is 2. The molecule has 0 spiro atoms. The number of nitrogens with zero attached hydrogens (tertiary/aromatic N) is 2. The van der Waals surface area contributed by atoms with Crippen molar-refractivity contribution in [1.82, 2.24) is 9.55 Å². The molecule has 2 aromatic rings. The van der Waals surface area contributed by atoms with Gasteiger partial charge in [0.15, 0.2) is 5.82 Å². The van der Waals surface area contributed by atoms with Crippen molar-refractivity contribution in [2.45, 2.75) is 19.1 Å². The summed E-state index contributed by atoms with van der Waals surface area (Å²) < 4.78 is 15.2. The Morgan fingerprint density at radius 2 is 2.36 bits per heavy atom. The van der Waals surface area contributed by atoms with Gasteiger partial charge in [0.2, 0.25) is 0 Å². The molecule has 0 aliphatic carbocycles. The minimum Gasteiger partial charge on any atom is -0.391 e. The van der Waals surface area contributed by atoms with Gasteiger partial charge in [0, 0.05) is 6.42 Å². The van der Waals surface area contributed by atoms with Crippen LogP contribution in [0, 0.1) is 5.82 Å². The van der Waals surface area contributed by atoms with Gasteiger partial charge in [-0.25, -0.2) is 9.37 Å². The molecule has 2 heterocycles. The third kappa shape index (κ3) is 0.915. The van der Waals surface area contributed by atoms with E-state index in [4.69, 9.17) is 0 Å². The van der Waals surface area contributed by atoms with Gasteiger partial charge in [-0.05, 0) is 12.1 Å². The fourth-order valence-corrected chi connectivity index (χ4v) is 2.01. The molecule has 3 rings (SSSR count). The molecule has 14 heavy (non-hydrogen) atoms. The number of aliphatic hydroxyl groups is 1. The summed E-state index contributed by atoms with van der Waals surface area (Å²) in [5.74, 6) is 0.483. The first-order valence-electron chi connectivity index (χ1n) is 4.57. The average Bonchev–Trinajstić information content (AvgIpc) is 2.63. The first-order valence-corrected chi connectivity index (χ1v) is 4.57. The molecule has 72 valence electrons. The summed E-state index contributed by atoms with van der Waals surface area (Å²) in [5, 5.41) is 9.41. The highest BCUT2D eigenvalue weighted by Gasteiger charge is 2.23. The second-order valence-corrected chi connectivity index (χ2v) is 3.60. The molecular weight excluding hydrogens is 183 g/mol. The van der Waals surface area contributed by atoms with Gasteiger partial charge in [0.1, 0.15) is 11.3 Å². The van der Waals surface area contributed by atoms with Crippen molar-refractivity contribution in [2.24, 2.45) is 0 Å². The van der Waals surface area contributed by atoms with Crippen molar-refractivity contribution in [3.8, 4) is 0 Å². The summed E-state index contributed by atoms with van der Waals surface area (Å²) in [6.45, 7) is 0.523. The topological polar surface area (TPSA) is 38.1 Å². The molecule has 1 aromatic carbocycles. The Kier molecular flexibility index (Phi) is 1.44. The van der Waals surface area contributed by atoms with E-state index in [1.54, 1.807) is 6.07 Å². The molecule has 1 aromatic heterocycles. The van der Waals surface area contributed by atoms with E-state index in [1.165, 1.54) is 6.07 Å². The van der Waals surface area contributed by atoms with Crippen LogP contribution in [0.5, 0.6) is 0 Å². The molecule has 1 N–H and O–H groups in total. The first-order chi connectivity index (χ1) is 6.75. The lowest BCUT2D eigenvalue weighted by atomic mass is 10.3. The van der Waals surface area contributed by atoms with Gasteiger partial charge in [0.25, 0.3) is 0 Å². The molecule has 1 aliphatic rings. The molecule has 3 nitrogen and oxygen atoms in total. The van der Waals surface area contributed by atoms with E-state index in [0.717, 1.165) is 11.3 Å². The summed E-state index contributed by atoms with van der Waals surface area (Å²) >= 11 is 0. The van der Waals surface area contributed by atoms with E-state index in [2.05, 4.69) is 4.98 Å². The maximum atomic E-state index is 13.3. The molecule has 0 amide bonds. The van der Waals surface area contributed by atoms with E-state index in [1.807, 2.05) is 10.6 Å². The summed E-state index contributed by atoms with van der Waals surface area (Å²) in [7, 11) is 0. The molecule has 0 saturated heterocycles. The number of rotatable bonds is 0. The maximum Gasteiger partial charge on any atom is 0.151 e. The number of imidazole rings is 1. The Morgan fingerprint density at radius 3 is 3.21 bits per heavy atom. The van der Waals surface area contributed by atoms with Gasteiger partial charge in [0.05, 0.1) is 18.2 Å². The Balaban J connectivity index is 2.33. The van der Waals surface area contributed by atoms with Gasteiger partial charge in [-0.3, -0.25) is 0 Å². The minimum absolute atomic E-state index is 0.293. The second-order valence-electron chi connectivity index (χ2n) is 3.60. The number of fused-ring (bicyclic) bond motifs is 3. The molecule has 0 saturated carbocycles. The first kappa shape index (κ1) is 7.94. The average molecular weight is 192 g/mol. The summed E-state index contributed by atoms with van der Waals surface area (Å²) in [6.07, 6.45) is 0.152. The Labute approximate surface area is 79.8 Å². The highest BCUT2D eigenvalue weighted by molar-refractivity contribution is 5.77. The van der Waals surface area contributed by atoms with Crippen molar-refractivity contribution in [2.75, 3.05) is 0 Å². The zero-order chi connectivity index (χ0) is 9.71. The van der Waals surface area contributed by atoms with E-state index in [9.17, 15) is 9.50 Å². The van der Waals surface area contributed by atoms with Crippen LogP contribution in [0.1, 0.15) is 5.82 Å². The van der Waals surface area contributed by atoms with E-state index < -0.39 is 0 Å². The molecule has 0 radical (unpaired) electrons. The predicted molar refractivity (Wildman–Crippen MR) is 49.4 cm³/mol. The Bertz CT molecular complexity index is 506. The maximum absolute atomic E-state index is 13.3. The van der Waals surface area contributed by atoms with Crippen molar-refractivity contribution in [3.63, 3.8) is 0 Å². The highest BCUT2D eigenvalue weighted by Crippen LogP contribution is 2.24. The van der Waals surface area contributed by atoms with Crippen molar-refractivity contribution in [1.29, 1.82) is 0 Å². The number of para-hydroxylation sites is 1. The standard InChI is InChI=1S/C10H9FN2O/c11-7-2-1-3-8-10(7)12-9-4-6(14)5-13(8)9/h1-3,6,14H,4-5H2. The fraction of sp³-hybridized carbons (Fsp3) is 0.300. The monoisotopic (exact) mass is 192 g/mol.